The second kappa shape index (κ2) is 7.44. The summed E-state index contributed by atoms with van der Waals surface area (Å²) in [5, 5.41) is 6.48. The molecule has 2 heterocycles. The van der Waals surface area contributed by atoms with Crippen molar-refractivity contribution in [1.29, 1.82) is 0 Å². The van der Waals surface area contributed by atoms with Gasteiger partial charge in [0.05, 0.1) is 22.9 Å². The van der Waals surface area contributed by atoms with Crippen molar-refractivity contribution in [2.24, 2.45) is 5.92 Å². The van der Waals surface area contributed by atoms with Crippen LogP contribution in [0.3, 0.4) is 0 Å². The fraction of sp³-hybridized carbons (Fsp3) is 0.292. The molecule has 1 fully saturated rings. The van der Waals surface area contributed by atoms with Crippen molar-refractivity contribution in [2.75, 3.05) is 11.9 Å². The van der Waals surface area contributed by atoms with Gasteiger partial charge in [-0.25, -0.2) is 9.97 Å². The van der Waals surface area contributed by atoms with Gasteiger partial charge in [0.1, 0.15) is 0 Å². The summed E-state index contributed by atoms with van der Waals surface area (Å²) in [4.78, 5) is 21.8. The van der Waals surface area contributed by atoms with Gasteiger partial charge >= 0.3 is 0 Å². The maximum absolute atomic E-state index is 12.3. The van der Waals surface area contributed by atoms with E-state index in [9.17, 15) is 4.79 Å². The molecule has 0 aliphatic heterocycles. The molecule has 0 saturated heterocycles. The van der Waals surface area contributed by atoms with E-state index in [4.69, 9.17) is 4.98 Å². The summed E-state index contributed by atoms with van der Waals surface area (Å²) < 4.78 is 2.14. The molecule has 0 unspecified atom stereocenters. The highest BCUT2D eigenvalue weighted by Crippen LogP contribution is 2.29. The van der Waals surface area contributed by atoms with Crippen LogP contribution in [0.2, 0.25) is 0 Å². The molecule has 1 aliphatic rings. The SMILES string of the molecule is CC(C)CNc1nc2ccccc2n2c(-c3ccc(C(=O)NC4CC4)cc3)cnc12. The van der Waals surface area contributed by atoms with Gasteiger partial charge in [0, 0.05) is 23.7 Å². The summed E-state index contributed by atoms with van der Waals surface area (Å²) in [6.45, 7) is 5.17. The third-order valence-electron chi connectivity index (χ3n) is 5.36. The Morgan fingerprint density at radius 3 is 2.63 bits per heavy atom. The highest BCUT2D eigenvalue weighted by atomic mass is 16.1. The summed E-state index contributed by atoms with van der Waals surface area (Å²) in [5.74, 6) is 1.29. The Bertz CT molecular complexity index is 1220. The fourth-order valence-corrected chi connectivity index (χ4v) is 3.59. The number of hydrogen-bond donors (Lipinski definition) is 2. The monoisotopic (exact) mass is 399 g/mol. The van der Waals surface area contributed by atoms with Crippen LogP contribution >= 0.6 is 0 Å². The minimum atomic E-state index is -0.00277. The fourth-order valence-electron chi connectivity index (χ4n) is 3.59. The average Bonchev–Trinajstić information content (AvgIpc) is 3.46. The van der Waals surface area contributed by atoms with Gasteiger partial charge in [-0.15, -0.1) is 0 Å². The van der Waals surface area contributed by atoms with E-state index in [-0.39, 0.29) is 5.91 Å². The number of nitrogens with one attached hydrogen (secondary N) is 2. The third-order valence-corrected chi connectivity index (χ3v) is 5.36. The van der Waals surface area contributed by atoms with E-state index in [0.717, 1.165) is 53.1 Å². The number of carbonyl (C=O) groups is 1. The number of anilines is 1. The van der Waals surface area contributed by atoms with Crippen LogP contribution in [0.25, 0.3) is 27.9 Å². The first-order chi connectivity index (χ1) is 14.6. The number of fused-ring (bicyclic) bond motifs is 3. The topological polar surface area (TPSA) is 71.3 Å². The summed E-state index contributed by atoms with van der Waals surface area (Å²) in [5.41, 5.74) is 5.40. The number of hydrogen-bond acceptors (Lipinski definition) is 4. The van der Waals surface area contributed by atoms with Gasteiger partial charge in [0.15, 0.2) is 11.5 Å². The van der Waals surface area contributed by atoms with Gasteiger partial charge in [0.2, 0.25) is 0 Å². The Hall–Kier alpha value is -3.41. The molecule has 2 aromatic heterocycles. The van der Waals surface area contributed by atoms with Gasteiger partial charge in [0.25, 0.3) is 5.91 Å². The number of benzene rings is 2. The average molecular weight is 399 g/mol. The third kappa shape index (κ3) is 3.49. The lowest BCUT2D eigenvalue weighted by Gasteiger charge is -2.13. The van der Waals surface area contributed by atoms with E-state index < -0.39 is 0 Å². The van der Waals surface area contributed by atoms with Crippen LogP contribution in [-0.4, -0.2) is 32.9 Å². The summed E-state index contributed by atoms with van der Waals surface area (Å²) in [6, 6.07) is 16.2. The molecule has 5 rings (SSSR count). The van der Waals surface area contributed by atoms with Gasteiger partial charge in [-0.3, -0.25) is 9.20 Å². The molecule has 1 amide bonds. The Kier molecular flexibility index (Phi) is 4.62. The second-order valence-electron chi connectivity index (χ2n) is 8.35. The van der Waals surface area contributed by atoms with Crippen LogP contribution < -0.4 is 10.6 Å². The molecule has 152 valence electrons. The van der Waals surface area contributed by atoms with E-state index in [1.807, 2.05) is 48.7 Å². The maximum atomic E-state index is 12.3. The molecule has 0 radical (unpaired) electrons. The van der Waals surface area contributed by atoms with Crippen LogP contribution in [-0.2, 0) is 0 Å². The van der Waals surface area contributed by atoms with E-state index in [2.05, 4.69) is 39.9 Å². The minimum Gasteiger partial charge on any atom is -0.367 e. The smallest absolute Gasteiger partial charge is 0.251 e. The van der Waals surface area contributed by atoms with Crippen molar-refractivity contribution >= 4 is 28.4 Å². The first-order valence-corrected chi connectivity index (χ1v) is 10.5. The largest absolute Gasteiger partial charge is 0.367 e. The molecule has 0 atom stereocenters. The zero-order valence-electron chi connectivity index (χ0n) is 17.2. The quantitative estimate of drug-likeness (QED) is 0.500. The molecular formula is C24H25N5O. The Balaban J connectivity index is 1.58. The highest BCUT2D eigenvalue weighted by Gasteiger charge is 2.23. The first kappa shape index (κ1) is 18.6. The number of amides is 1. The molecule has 1 saturated carbocycles. The van der Waals surface area contributed by atoms with Crippen LogP contribution in [0.5, 0.6) is 0 Å². The molecule has 0 spiro atoms. The van der Waals surface area contributed by atoms with Crippen LogP contribution in [0.15, 0.2) is 54.7 Å². The zero-order valence-corrected chi connectivity index (χ0v) is 17.2. The van der Waals surface area contributed by atoms with Crippen molar-refractivity contribution in [3.63, 3.8) is 0 Å². The Morgan fingerprint density at radius 2 is 1.90 bits per heavy atom. The summed E-state index contributed by atoms with van der Waals surface area (Å²) >= 11 is 0. The van der Waals surface area contributed by atoms with Gasteiger partial charge in [-0.05, 0) is 43.0 Å². The molecule has 2 aromatic carbocycles. The lowest BCUT2D eigenvalue weighted by atomic mass is 10.1. The molecule has 4 aromatic rings. The molecule has 30 heavy (non-hydrogen) atoms. The predicted octanol–water partition coefficient (Wildman–Crippen LogP) is 4.51. The molecular weight excluding hydrogens is 374 g/mol. The number of carbonyl (C=O) groups excluding carboxylic acids is 1. The van der Waals surface area contributed by atoms with E-state index in [0.29, 0.717) is 17.5 Å². The number of rotatable bonds is 6. The number of nitrogens with zero attached hydrogens (tertiary/aromatic N) is 3. The molecule has 6 heteroatoms. The Labute approximate surface area is 175 Å². The van der Waals surface area contributed by atoms with Crippen molar-refractivity contribution < 1.29 is 4.79 Å². The predicted molar refractivity (Wildman–Crippen MR) is 120 cm³/mol. The number of aromatic nitrogens is 3. The minimum absolute atomic E-state index is 0.00277. The molecule has 1 aliphatic carbocycles. The molecule has 2 N–H and O–H groups in total. The van der Waals surface area contributed by atoms with Crippen LogP contribution in [0.4, 0.5) is 5.82 Å². The molecule has 0 bridgehead atoms. The van der Waals surface area contributed by atoms with Crippen LogP contribution in [0, 0.1) is 5.92 Å². The lowest BCUT2D eigenvalue weighted by Crippen LogP contribution is -2.25. The second-order valence-corrected chi connectivity index (χ2v) is 8.35. The number of imidazole rings is 1. The number of para-hydroxylation sites is 2. The van der Waals surface area contributed by atoms with Crippen molar-refractivity contribution in [1.82, 2.24) is 19.7 Å². The van der Waals surface area contributed by atoms with Crippen molar-refractivity contribution in [3.05, 3.63) is 60.3 Å². The summed E-state index contributed by atoms with van der Waals surface area (Å²) in [7, 11) is 0. The van der Waals surface area contributed by atoms with Gasteiger partial charge in [-0.2, -0.15) is 0 Å². The Morgan fingerprint density at radius 1 is 1.13 bits per heavy atom. The van der Waals surface area contributed by atoms with E-state index >= 15 is 0 Å². The zero-order chi connectivity index (χ0) is 20.7. The lowest BCUT2D eigenvalue weighted by molar-refractivity contribution is 0.0951. The normalized spacial score (nSPS) is 13.8. The summed E-state index contributed by atoms with van der Waals surface area (Å²) in [6.07, 6.45) is 4.04. The van der Waals surface area contributed by atoms with E-state index in [1.54, 1.807) is 0 Å². The standard InChI is InChI=1S/C24H25N5O/c1-15(2)13-25-22-23-26-14-21(29(23)20-6-4-3-5-19(20)28-22)16-7-9-17(10-8-16)24(30)27-18-11-12-18/h3-10,14-15,18H,11-13H2,1-2H3,(H,25,28)(H,27,30). The van der Waals surface area contributed by atoms with Crippen LogP contribution in [0.1, 0.15) is 37.0 Å². The van der Waals surface area contributed by atoms with Crippen molar-refractivity contribution in [3.8, 4) is 11.3 Å². The van der Waals surface area contributed by atoms with E-state index in [1.165, 1.54) is 0 Å². The molecule has 6 nitrogen and oxygen atoms in total. The van der Waals surface area contributed by atoms with Gasteiger partial charge < -0.3 is 10.6 Å². The maximum Gasteiger partial charge on any atom is 0.251 e. The first-order valence-electron chi connectivity index (χ1n) is 10.5. The van der Waals surface area contributed by atoms with Gasteiger partial charge in [-0.1, -0.05) is 38.1 Å². The highest BCUT2D eigenvalue weighted by molar-refractivity contribution is 5.95. The van der Waals surface area contributed by atoms with Crippen molar-refractivity contribution in [2.45, 2.75) is 32.7 Å².